The van der Waals surface area contributed by atoms with Crippen molar-refractivity contribution in [2.75, 3.05) is 24.3 Å². The summed E-state index contributed by atoms with van der Waals surface area (Å²) in [6.45, 7) is 0. The molecule has 1 aromatic carbocycles. The fourth-order valence-electron chi connectivity index (χ4n) is 2.34. The summed E-state index contributed by atoms with van der Waals surface area (Å²) in [6.07, 6.45) is 0.910. The lowest BCUT2D eigenvalue weighted by Gasteiger charge is -2.10. The molecule has 2 aromatic heterocycles. The number of methoxy groups -OCH3 is 2. The summed E-state index contributed by atoms with van der Waals surface area (Å²) in [5, 5.41) is 19.0. The molecular formula is C16H15N7O7S. The number of anilines is 2. The van der Waals surface area contributed by atoms with E-state index in [0.29, 0.717) is 0 Å². The molecule has 0 fully saturated rings. The second-order valence-corrected chi connectivity index (χ2v) is 7.44. The van der Waals surface area contributed by atoms with Gasteiger partial charge in [0.2, 0.25) is 11.6 Å². The van der Waals surface area contributed by atoms with Gasteiger partial charge in [-0.25, -0.2) is 8.42 Å². The molecule has 0 aliphatic heterocycles. The van der Waals surface area contributed by atoms with Gasteiger partial charge in [-0.1, -0.05) is 0 Å². The average Bonchev–Trinajstić information content (AvgIpc) is 3.24. The highest BCUT2D eigenvalue weighted by Gasteiger charge is 2.23. The Balaban J connectivity index is 1.76. The Labute approximate surface area is 174 Å². The maximum atomic E-state index is 12.6. The fraction of sp³-hybridized carbons (Fsp3) is 0.125. The predicted octanol–water partition coefficient (Wildman–Crippen LogP) is 1.18. The van der Waals surface area contributed by atoms with Crippen molar-refractivity contribution in [2.24, 2.45) is 0 Å². The Hall–Kier alpha value is -4.27. The summed E-state index contributed by atoms with van der Waals surface area (Å²) in [5.74, 6) is -0.791. The number of H-pyrrole nitrogens is 1. The van der Waals surface area contributed by atoms with Crippen LogP contribution in [0.4, 0.5) is 17.2 Å². The number of nitro groups is 1. The van der Waals surface area contributed by atoms with Crippen LogP contribution in [0.5, 0.6) is 11.9 Å². The zero-order chi connectivity index (χ0) is 22.6. The number of nitrogens with zero attached hydrogens (tertiary/aromatic N) is 4. The number of aromatic nitrogens is 4. The summed E-state index contributed by atoms with van der Waals surface area (Å²) in [4.78, 5) is 30.0. The Morgan fingerprint density at radius 2 is 1.87 bits per heavy atom. The molecular weight excluding hydrogens is 434 g/mol. The molecule has 31 heavy (non-hydrogen) atoms. The molecule has 3 rings (SSSR count). The Bertz CT molecular complexity index is 1200. The normalized spacial score (nSPS) is 10.9. The zero-order valence-corrected chi connectivity index (χ0v) is 16.8. The molecule has 15 heteroatoms. The Morgan fingerprint density at radius 3 is 2.48 bits per heavy atom. The van der Waals surface area contributed by atoms with Gasteiger partial charge >= 0.3 is 11.7 Å². The molecule has 0 radical (unpaired) electrons. The van der Waals surface area contributed by atoms with Crippen molar-refractivity contribution in [1.29, 1.82) is 0 Å². The number of ether oxygens (including phenoxy) is 2. The summed E-state index contributed by atoms with van der Waals surface area (Å²) in [7, 11) is -1.37. The summed E-state index contributed by atoms with van der Waals surface area (Å²) < 4.78 is 37.4. The van der Waals surface area contributed by atoms with E-state index in [1.54, 1.807) is 0 Å². The van der Waals surface area contributed by atoms with E-state index in [9.17, 15) is 23.3 Å². The highest BCUT2D eigenvalue weighted by molar-refractivity contribution is 7.92. The second-order valence-electron chi connectivity index (χ2n) is 5.75. The van der Waals surface area contributed by atoms with E-state index < -0.39 is 26.5 Å². The third kappa shape index (κ3) is 4.84. The molecule has 14 nitrogen and oxygen atoms in total. The maximum Gasteiger partial charge on any atom is 0.321 e. The van der Waals surface area contributed by atoms with Crippen LogP contribution in [0.1, 0.15) is 10.5 Å². The number of amides is 1. The molecule has 0 aliphatic rings. The van der Waals surface area contributed by atoms with Crippen LogP contribution in [0, 0.1) is 10.1 Å². The average molecular weight is 449 g/mol. The first-order valence-electron chi connectivity index (χ1n) is 8.32. The molecule has 2 heterocycles. The van der Waals surface area contributed by atoms with E-state index in [4.69, 9.17) is 9.47 Å². The van der Waals surface area contributed by atoms with Crippen LogP contribution in [-0.4, -0.2) is 53.6 Å². The Morgan fingerprint density at radius 1 is 1.16 bits per heavy atom. The number of carbonyl (C=O) groups is 1. The standard InChI is InChI=1S/C16H15N7O7S/c1-29-13-7-12(19-16(20-13)30-2)22-31(27,28)10-5-3-9(4-6-10)18-15(24)14-11(23(25)26)8-17-21-14/h3-8H,1-2H3,(H,17,21)(H,18,24)(H,19,20,22). The molecule has 0 aliphatic carbocycles. The van der Waals surface area contributed by atoms with E-state index in [-0.39, 0.29) is 34.0 Å². The molecule has 0 unspecified atom stereocenters. The number of hydrogen-bond donors (Lipinski definition) is 3. The van der Waals surface area contributed by atoms with Crippen LogP contribution in [0.2, 0.25) is 0 Å². The number of benzene rings is 1. The van der Waals surface area contributed by atoms with Crippen LogP contribution in [0.25, 0.3) is 0 Å². The number of rotatable bonds is 8. The number of aromatic amines is 1. The molecule has 0 saturated carbocycles. The van der Waals surface area contributed by atoms with Crippen LogP contribution in [0.3, 0.4) is 0 Å². The minimum absolute atomic E-state index is 0.0763. The van der Waals surface area contributed by atoms with Crippen molar-refractivity contribution in [2.45, 2.75) is 4.90 Å². The maximum absolute atomic E-state index is 12.6. The number of carbonyl (C=O) groups excluding carboxylic acids is 1. The monoisotopic (exact) mass is 449 g/mol. The predicted molar refractivity (Wildman–Crippen MR) is 106 cm³/mol. The van der Waals surface area contributed by atoms with Crippen molar-refractivity contribution < 1.29 is 27.6 Å². The topological polar surface area (TPSA) is 191 Å². The number of nitrogens with one attached hydrogen (secondary N) is 3. The van der Waals surface area contributed by atoms with Crippen LogP contribution in [0.15, 0.2) is 41.4 Å². The molecule has 3 N–H and O–H groups in total. The number of hydrogen-bond acceptors (Lipinski definition) is 10. The molecule has 0 spiro atoms. The van der Waals surface area contributed by atoms with E-state index in [1.165, 1.54) is 44.6 Å². The first kappa shape index (κ1) is 21.4. The van der Waals surface area contributed by atoms with Gasteiger partial charge in [-0.15, -0.1) is 0 Å². The first-order valence-corrected chi connectivity index (χ1v) is 9.81. The van der Waals surface area contributed by atoms with Gasteiger partial charge in [0.25, 0.3) is 15.9 Å². The lowest BCUT2D eigenvalue weighted by molar-refractivity contribution is -0.385. The first-order chi connectivity index (χ1) is 14.7. The minimum atomic E-state index is -4.04. The third-order valence-corrected chi connectivity index (χ3v) is 5.15. The zero-order valence-electron chi connectivity index (χ0n) is 16.0. The summed E-state index contributed by atoms with van der Waals surface area (Å²) >= 11 is 0. The van der Waals surface area contributed by atoms with E-state index in [0.717, 1.165) is 6.20 Å². The van der Waals surface area contributed by atoms with Crippen LogP contribution in [-0.2, 0) is 10.0 Å². The van der Waals surface area contributed by atoms with Gasteiger partial charge in [-0.2, -0.15) is 15.1 Å². The van der Waals surface area contributed by atoms with Gasteiger partial charge < -0.3 is 14.8 Å². The van der Waals surface area contributed by atoms with Gasteiger partial charge in [-0.3, -0.25) is 24.7 Å². The van der Waals surface area contributed by atoms with E-state index in [1.807, 2.05) is 0 Å². The van der Waals surface area contributed by atoms with Crippen molar-refractivity contribution in [3.63, 3.8) is 0 Å². The fourth-order valence-corrected chi connectivity index (χ4v) is 3.34. The van der Waals surface area contributed by atoms with Gasteiger partial charge in [0.15, 0.2) is 5.82 Å². The third-order valence-electron chi connectivity index (χ3n) is 3.78. The van der Waals surface area contributed by atoms with Gasteiger partial charge in [0, 0.05) is 11.8 Å². The van der Waals surface area contributed by atoms with E-state index >= 15 is 0 Å². The largest absolute Gasteiger partial charge is 0.481 e. The molecule has 1 amide bonds. The van der Waals surface area contributed by atoms with Crippen molar-refractivity contribution >= 4 is 33.1 Å². The minimum Gasteiger partial charge on any atom is -0.481 e. The Kier molecular flexibility index (Phi) is 5.96. The van der Waals surface area contributed by atoms with Crippen LogP contribution >= 0.6 is 0 Å². The molecule has 0 atom stereocenters. The SMILES string of the molecule is COc1cc(NS(=O)(=O)c2ccc(NC(=O)c3[nH]ncc3[N+](=O)[O-])cc2)nc(OC)n1. The van der Waals surface area contributed by atoms with Gasteiger partial charge in [0.1, 0.15) is 6.20 Å². The molecule has 0 bridgehead atoms. The lowest BCUT2D eigenvalue weighted by Crippen LogP contribution is -2.16. The van der Waals surface area contributed by atoms with Gasteiger partial charge in [-0.05, 0) is 24.3 Å². The number of sulfonamides is 1. The van der Waals surface area contributed by atoms with Crippen molar-refractivity contribution in [3.8, 4) is 11.9 Å². The molecule has 3 aromatic rings. The quantitative estimate of drug-likeness (QED) is 0.332. The molecule has 162 valence electrons. The van der Waals surface area contributed by atoms with Crippen molar-refractivity contribution in [1.82, 2.24) is 20.2 Å². The summed E-state index contributed by atoms with van der Waals surface area (Å²) in [5.41, 5.74) is -0.621. The van der Waals surface area contributed by atoms with Gasteiger partial charge in [0.05, 0.1) is 24.0 Å². The highest BCUT2D eigenvalue weighted by Crippen LogP contribution is 2.22. The summed E-state index contributed by atoms with van der Waals surface area (Å²) in [6, 6.07) is 6.27. The second kappa shape index (κ2) is 8.62. The van der Waals surface area contributed by atoms with Crippen molar-refractivity contribution in [3.05, 3.63) is 52.3 Å². The molecule has 0 saturated heterocycles. The van der Waals surface area contributed by atoms with E-state index in [2.05, 4.69) is 30.2 Å². The van der Waals surface area contributed by atoms with Crippen LogP contribution < -0.4 is 19.5 Å². The smallest absolute Gasteiger partial charge is 0.321 e. The highest BCUT2D eigenvalue weighted by atomic mass is 32.2. The lowest BCUT2D eigenvalue weighted by atomic mass is 10.3.